The molecule has 6 heterocycles. The molecule has 0 bridgehead atoms. The molecule has 0 radical (unpaired) electrons. The summed E-state index contributed by atoms with van der Waals surface area (Å²) in [6, 6.07) is 1.83. The van der Waals surface area contributed by atoms with E-state index in [0.717, 1.165) is 22.8 Å². The number of nitrogens with one attached hydrogen (secondary N) is 1. The Morgan fingerprint density at radius 3 is 2.51 bits per heavy atom. The largest absolute Gasteiger partial charge is 0.444 e. The SMILES string of the molecule is CC(C)(C)OC(=O)Nc1nc2c(c3c1COC3)C[C@H](C(=O)N1CCC[C@@H]3OCc4nc(C(F)(F)F)ccc4[C@@H]31)OC2. The van der Waals surface area contributed by atoms with Gasteiger partial charge in [-0.1, -0.05) is 6.07 Å². The van der Waals surface area contributed by atoms with E-state index in [1.165, 1.54) is 6.07 Å². The van der Waals surface area contributed by atoms with Gasteiger partial charge < -0.3 is 23.8 Å². The first-order valence-corrected chi connectivity index (χ1v) is 13.6. The Kier molecular flexibility index (Phi) is 6.94. The Labute approximate surface area is 234 Å². The number of carbonyl (C=O) groups excluding carboxylic acids is 2. The smallest absolute Gasteiger partial charge is 0.433 e. The third-order valence-corrected chi connectivity index (χ3v) is 7.72. The summed E-state index contributed by atoms with van der Waals surface area (Å²) in [6.45, 7) is 6.32. The van der Waals surface area contributed by atoms with Gasteiger partial charge in [-0.2, -0.15) is 13.2 Å². The van der Waals surface area contributed by atoms with E-state index in [4.69, 9.17) is 18.9 Å². The number of likely N-dealkylation sites (tertiary alicyclic amines) is 1. The van der Waals surface area contributed by atoms with Gasteiger partial charge in [0.2, 0.25) is 0 Å². The van der Waals surface area contributed by atoms with E-state index in [1.54, 1.807) is 25.7 Å². The maximum atomic E-state index is 13.9. The molecule has 10 nitrogen and oxygen atoms in total. The van der Waals surface area contributed by atoms with Gasteiger partial charge in [0.25, 0.3) is 5.91 Å². The average Bonchev–Trinajstić information content (AvgIpc) is 3.41. The minimum atomic E-state index is -4.57. The number of alkyl halides is 3. The summed E-state index contributed by atoms with van der Waals surface area (Å²) >= 11 is 0. The number of pyridine rings is 2. The van der Waals surface area contributed by atoms with Crippen molar-refractivity contribution in [1.29, 1.82) is 0 Å². The molecule has 6 rings (SSSR count). The number of anilines is 1. The Balaban J connectivity index is 1.25. The molecule has 0 unspecified atom stereocenters. The lowest BCUT2D eigenvalue weighted by Gasteiger charge is -2.45. The van der Waals surface area contributed by atoms with Gasteiger partial charge in [0.1, 0.15) is 23.2 Å². The number of nitrogens with zero attached hydrogens (tertiary/aromatic N) is 3. The standard InChI is InChI=1S/C28H31F3N4O6/c1-27(2,3)41-26(37)34-24-17-11-38-10-16(17)15-9-21(40-13-19(15)33-24)25(36)35-8-4-5-20-23(35)14-6-7-22(28(29,30)31)32-18(14)12-39-20/h6-7,20-21,23H,4-5,8-13H2,1-3H3,(H,33,34,37)/t20-,21+,23-/m0/s1. The zero-order chi connectivity index (χ0) is 29.1. The van der Waals surface area contributed by atoms with E-state index in [0.29, 0.717) is 43.1 Å². The van der Waals surface area contributed by atoms with E-state index in [-0.39, 0.29) is 43.9 Å². The van der Waals surface area contributed by atoms with Gasteiger partial charge in [-0.05, 0) is 50.8 Å². The van der Waals surface area contributed by atoms with Gasteiger partial charge in [-0.15, -0.1) is 0 Å². The molecule has 13 heteroatoms. The van der Waals surface area contributed by atoms with Crippen molar-refractivity contribution in [3.63, 3.8) is 0 Å². The number of amides is 2. The molecule has 0 aliphatic carbocycles. The molecule has 41 heavy (non-hydrogen) atoms. The maximum absolute atomic E-state index is 13.9. The highest BCUT2D eigenvalue weighted by Crippen LogP contribution is 2.42. The average molecular weight is 577 g/mol. The second-order valence-corrected chi connectivity index (χ2v) is 11.7. The van der Waals surface area contributed by atoms with Crippen molar-refractivity contribution in [2.24, 2.45) is 0 Å². The van der Waals surface area contributed by atoms with Crippen LogP contribution >= 0.6 is 0 Å². The highest BCUT2D eigenvalue weighted by atomic mass is 19.4. The lowest BCUT2D eigenvalue weighted by atomic mass is 9.88. The first-order chi connectivity index (χ1) is 19.4. The third-order valence-electron chi connectivity index (χ3n) is 7.72. The van der Waals surface area contributed by atoms with Crippen molar-refractivity contribution in [2.45, 2.75) is 96.5 Å². The fourth-order valence-electron chi connectivity index (χ4n) is 5.98. The van der Waals surface area contributed by atoms with Crippen molar-refractivity contribution < 1.29 is 41.7 Å². The Morgan fingerprint density at radius 2 is 1.76 bits per heavy atom. The predicted octanol–water partition coefficient (Wildman–Crippen LogP) is 4.58. The molecule has 1 N–H and O–H groups in total. The molecule has 1 fully saturated rings. The van der Waals surface area contributed by atoms with Gasteiger partial charge in [0, 0.05) is 24.1 Å². The van der Waals surface area contributed by atoms with Crippen molar-refractivity contribution in [3.8, 4) is 0 Å². The van der Waals surface area contributed by atoms with Gasteiger partial charge in [0.05, 0.1) is 50.0 Å². The van der Waals surface area contributed by atoms with E-state index in [1.807, 2.05) is 0 Å². The minimum absolute atomic E-state index is 0.0345. The highest BCUT2D eigenvalue weighted by molar-refractivity contribution is 5.85. The van der Waals surface area contributed by atoms with Crippen LogP contribution in [0.3, 0.4) is 0 Å². The molecule has 1 saturated heterocycles. The normalized spacial score (nSPS) is 23.7. The van der Waals surface area contributed by atoms with Crippen LogP contribution in [-0.4, -0.2) is 51.2 Å². The molecule has 2 amide bonds. The molecule has 0 saturated carbocycles. The number of hydrogen-bond acceptors (Lipinski definition) is 8. The molecule has 0 aromatic carbocycles. The highest BCUT2D eigenvalue weighted by Gasteiger charge is 2.44. The summed E-state index contributed by atoms with van der Waals surface area (Å²) in [6.07, 6.45) is -4.71. The Morgan fingerprint density at radius 1 is 1.00 bits per heavy atom. The van der Waals surface area contributed by atoms with Crippen LogP contribution in [0.4, 0.5) is 23.8 Å². The van der Waals surface area contributed by atoms with Crippen molar-refractivity contribution in [3.05, 3.63) is 51.5 Å². The molecule has 2 aromatic rings. The second kappa shape index (κ2) is 10.2. The fraction of sp³-hybridized carbons (Fsp3) is 0.571. The molecular weight excluding hydrogens is 545 g/mol. The number of ether oxygens (including phenoxy) is 4. The zero-order valence-corrected chi connectivity index (χ0v) is 23.0. The topological polar surface area (TPSA) is 112 Å². The lowest BCUT2D eigenvalue weighted by Crippen LogP contribution is -2.52. The number of carbonyl (C=O) groups is 2. The van der Waals surface area contributed by atoms with Crippen LogP contribution < -0.4 is 5.32 Å². The van der Waals surface area contributed by atoms with Gasteiger partial charge in [-0.25, -0.2) is 14.8 Å². The molecule has 220 valence electrons. The van der Waals surface area contributed by atoms with Crippen LogP contribution in [0.15, 0.2) is 12.1 Å². The summed E-state index contributed by atoms with van der Waals surface area (Å²) in [4.78, 5) is 36.4. The first-order valence-electron chi connectivity index (χ1n) is 13.6. The zero-order valence-electron chi connectivity index (χ0n) is 23.0. The molecule has 4 aliphatic rings. The summed E-state index contributed by atoms with van der Waals surface area (Å²) < 4.78 is 62.8. The molecular formula is C28H31F3N4O6. The second-order valence-electron chi connectivity index (χ2n) is 11.7. The summed E-state index contributed by atoms with van der Waals surface area (Å²) in [5.74, 6) is 0.0877. The minimum Gasteiger partial charge on any atom is -0.444 e. The van der Waals surface area contributed by atoms with Crippen LogP contribution in [0.25, 0.3) is 0 Å². The number of fused-ring (bicyclic) bond motifs is 6. The number of aromatic nitrogens is 2. The van der Waals surface area contributed by atoms with Gasteiger partial charge in [-0.3, -0.25) is 10.1 Å². The number of hydrogen-bond donors (Lipinski definition) is 1. The van der Waals surface area contributed by atoms with Gasteiger partial charge >= 0.3 is 12.3 Å². The fourth-order valence-corrected chi connectivity index (χ4v) is 5.98. The molecule has 3 atom stereocenters. The maximum Gasteiger partial charge on any atom is 0.433 e. The first kappa shape index (κ1) is 27.9. The summed E-state index contributed by atoms with van der Waals surface area (Å²) in [5.41, 5.74) is 2.17. The van der Waals surface area contributed by atoms with Crippen LogP contribution in [0.1, 0.15) is 79.0 Å². The number of rotatable bonds is 2. The van der Waals surface area contributed by atoms with Crippen LogP contribution in [0.5, 0.6) is 0 Å². The molecule has 2 aromatic heterocycles. The number of halogens is 3. The van der Waals surface area contributed by atoms with Crippen LogP contribution in [0, 0.1) is 0 Å². The summed E-state index contributed by atoms with van der Waals surface area (Å²) in [5, 5.41) is 2.72. The van der Waals surface area contributed by atoms with Crippen molar-refractivity contribution in [2.75, 3.05) is 11.9 Å². The third kappa shape index (κ3) is 5.38. The van der Waals surface area contributed by atoms with Crippen LogP contribution in [-0.2, 0) is 62.8 Å². The van der Waals surface area contributed by atoms with E-state index in [2.05, 4.69) is 15.3 Å². The Hall–Kier alpha value is -3.29. The predicted molar refractivity (Wildman–Crippen MR) is 136 cm³/mol. The van der Waals surface area contributed by atoms with Gasteiger partial charge in [0.15, 0.2) is 0 Å². The quantitative estimate of drug-likeness (QED) is 0.553. The van der Waals surface area contributed by atoms with E-state index < -0.39 is 35.7 Å². The lowest BCUT2D eigenvalue weighted by molar-refractivity contribution is -0.158. The van der Waals surface area contributed by atoms with E-state index in [9.17, 15) is 22.8 Å². The molecule has 0 spiro atoms. The Bertz CT molecular complexity index is 1390. The van der Waals surface area contributed by atoms with Crippen molar-refractivity contribution >= 4 is 17.8 Å². The van der Waals surface area contributed by atoms with Crippen molar-refractivity contribution in [1.82, 2.24) is 14.9 Å². The summed E-state index contributed by atoms with van der Waals surface area (Å²) in [7, 11) is 0. The monoisotopic (exact) mass is 576 g/mol. The number of piperidine rings is 1. The van der Waals surface area contributed by atoms with E-state index >= 15 is 0 Å². The van der Waals surface area contributed by atoms with Crippen LogP contribution in [0.2, 0.25) is 0 Å². The molecule has 4 aliphatic heterocycles.